The average Bonchev–Trinajstić information content (AvgIpc) is 2.55. The molecule has 4 unspecified atom stereocenters. The first-order chi connectivity index (χ1) is 13.0. The quantitative estimate of drug-likeness (QED) is 0.378. The smallest absolute Gasteiger partial charge is 0.662 e. The van der Waals surface area contributed by atoms with Crippen LogP contribution in [-0.4, -0.2) is 71.0 Å². The van der Waals surface area contributed by atoms with Gasteiger partial charge in [0.05, 0.1) is 24.4 Å². The van der Waals surface area contributed by atoms with Crippen LogP contribution in [0.3, 0.4) is 0 Å². The van der Waals surface area contributed by atoms with E-state index < -0.39 is 0 Å². The van der Waals surface area contributed by atoms with Crippen LogP contribution in [0.2, 0.25) is 0 Å². The molecule has 0 spiro atoms. The second-order valence-electron chi connectivity index (χ2n) is 8.15. The van der Waals surface area contributed by atoms with Gasteiger partial charge in [-0.25, -0.2) is 0 Å². The summed E-state index contributed by atoms with van der Waals surface area (Å²) < 4.78 is 0. The summed E-state index contributed by atoms with van der Waals surface area (Å²) >= 11 is 0. The fourth-order valence-corrected chi connectivity index (χ4v) is 2.54. The maximum Gasteiger partial charge on any atom is 2.00 e. The zero-order valence-electron chi connectivity index (χ0n) is 19.3. The monoisotopic (exact) mass is 460 g/mol. The number of hydrogen-bond donors (Lipinski definition) is 4. The molecule has 0 aliphatic carbocycles. The third-order valence-electron chi connectivity index (χ3n) is 4.16. The molecule has 2 aliphatic rings. The Morgan fingerprint density at radius 1 is 0.828 bits per heavy atom. The van der Waals surface area contributed by atoms with Gasteiger partial charge >= 0.3 is 16.5 Å². The van der Waals surface area contributed by atoms with Crippen molar-refractivity contribution in [1.29, 1.82) is 0 Å². The summed E-state index contributed by atoms with van der Waals surface area (Å²) in [5, 5.41) is 42.6. The molecule has 178 valence electrons. The molecule has 1 saturated heterocycles. The van der Waals surface area contributed by atoms with Gasteiger partial charge in [0.15, 0.2) is 0 Å². The van der Waals surface area contributed by atoms with Crippen LogP contribution in [0.15, 0.2) is 11.6 Å². The van der Waals surface area contributed by atoms with E-state index in [0.29, 0.717) is 12.8 Å². The minimum absolute atomic E-state index is 0. The summed E-state index contributed by atoms with van der Waals surface area (Å²) in [5.74, 6) is 0.942. The van der Waals surface area contributed by atoms with Gasteiger partial charge in [0, 0.05) is 0 Å². The van der Waals surface area contributed by atoms with Crippen molar-refractivity contribution in [3.8, 4) is 0 Å². The van der Waals surface area contributed by atoms with Crippen LogP contribution in [0.5, 0.6) is 0 Å². The van der Waals surface area contributed by atoms with Crippen LogP contribution in [0.4, 0.5) is 0 Å². The molecule has 7 heteroatoms. The number of piperidine rings is 1. The minimum atomic E-state index is -0.375. The van der Waals surface area contributed by atoms with Crippen molar-refractivity contribution in [3.05, 3.63) is 22.3 Å². The standard InChI is InChI=1S/C6H12N.C6H10N.2C5H12O2.Ni/c2*1-6-2-4-7-5-3-6;2*1-4(6)3-5(2)7;/h6H,2-5H2,1H3;2H,3-5H2,1H3;2*4-7H,3H2,1-2H3;/q2*-1;;;+2. The van der Waals surface area contributed by atoms with E-state index in [1.807, 2.05) is 0 Å². The third-order valence-corrected chi connectivity index (χ3v) is 4.16. The molecule has 0 aromatic rings. The van der Waals surface area contributed by atoms with E-state index in [0.717, 1.165) is 32.1 Å². The summed E-state index contributed by atoms with van der Waals surface area (Å²) in [6, 6.07) is 0. The van der Waals surface area contributed by atoms with Crippen LogP contribution in [0, 0.1) is 5.92 Å². The molecule has 0 bridgehead atoms. The first kappa shape index (κ1) is 33.6. The van der Waals surface area contributed by atoms with Crippen LogP contribution in [-0.2, 0) is 16.5 Å². The molecule has 29 heavy (non-hydrogen) atoms. The predicted molar refractivity (Wildman–Crippen MR) is 119 cm³/mol. The van der Waals surface area contributed by atoms with E-state index in [4.69, 9.17) is 20.4 Å². The number of aliphatic hydroxyl groups is 4. The molecule has 2 heterocycles. The van der Waals surface area contributed by atoms with E-state index >= 15 is 0 Å². The van der Waals surface area contributed by atoms with E-state index in [1.54, 1.807) is 27.7 Å². The summed E-state index contributed by atoms with van der Waals surface area (Å²) in [6.07, 6.45) is 5.45. The molecule has 4 N–H and O–H groups in total. The first-order valence-corrected chi connectivity index (χ1v) is 10.7. The third kappa shape index (κ3) is 32.9. The molecular weight excluding hydrogens is 415 g/mol. The molecule has 2 rings (SSSR count). The van der Waals surface area contributed by atoms with E-state index in [-0.39, 0.29) is 40.9 Å². The fraction of sp³-hybridized carbons (Fsp3) is 0.909. The maximum absolute atomic E-state index is 8.56. The van der Waals surface area contributed by atoms with Gasteiger partial charge in [-0.05, 0) is 53.4 Å². The second kappa shape index (κ2) is 22.7. The first-order valence-electron chi connectivity index (χ1n) is 10.7. The van der Waals surface area contributed by atoms with E-state index in [1.165, 1.54) is 24.8 Å². The molecule has 0 aromatic carbocycles. The maximum atomic E-state index is 8.56. The fourth-order valence-electron chi connectivity index (χ4n) is 2.54. The molecule has 0 saturated carbocycles. The molecule has 1 fully saturated rings. The largest absolute Gasteiger partial charge is 2.00 e. The zero-order valence-corrected chi connectivity index (χ0v) is 20.3. The normalized spacial score (nSPS) is 20.4. The average molecular weight is 461 g/mol. The van der Waals surface area contributed by atoms with Gasteiger partial charge in [0.25, 0.3) is 0 Å². The van der Waals surface area contributed by atoms with Crippen LogP contribution in [0.1, 0.15) is 73.6 Å². The number of hydrogen-bond acceptors (Lipinski definition) is 4. The van der Waals surface area contributed by atoms with Gasteiger partial charge in [-0.15, -0.1) is 32.3 Å². The van der Waals surface area contributed by atoms with Gasteiger partial charge in [-0.1, -0.05) is 31.8 Å². The Labute approximate surface area is 189 Å². The Bertz CT molecular complexity index is 333. The van der Waals surface area contributed by atoms with E-state index in [2.05, 4.69) is 30.6 Å². The Balaban J connectivity index is -0.000000307. The molecule has 0 radical (unpaired) electrons. The zero-order chi connectivity index (χ0) is 21.9. The van der Waals surface area contributed by atoms with Crippen LogP contribution in [0.25, 0.3) is 10.6 Å². The van der Waals surface area contributed by atoms with Crippen molar-refractivity contribution in [2.24, 2.45) is 5.92 Å². The van der Waals surface area contributed by atoms with Gasteiger partial charge in [0.2, 0.25) is 0 Å². The van der Waals surface area contributed by atoms with Crippen LogP contribution < -0.4 is 0 Å². The van der Waals surface area contributed by atoms with Crippen molar-refractivity contribution in [3.63, 3.8) is 0 Å². The van der Waals surface area contributed by atoms with E-state index in [9.17, 15) is 0 Å². The van der Waals surface area contributed by atoms with Crippen molar-refractivity contribution in [2.75, 3.05) is 26.2 Å². The van der Waals surface area contributed by atoms with Gasteiger partial charge in [0.1, 0.15) is 0 Å². The minimum Gasteiger partial charge on any atom is -0.662 e. The van der Waals surface area contributed by atoms with Gasteiger partial charge < -0.3 is 31.1 Å². The van der Waals surface area contributed by atoms with Crippen molar-refractivity contribution < 1.29 is 36.9 Å². The Hall–Kier alpha value is -0.00649. The topological polar surface area (TPSA) is 109 Å². The van der Waals surface area contributed by atoms with Crippen LogP contribution >= 0.6 is 0 Å². The Morgan fingerprint density at radius 2 is 1.24 bits per heavy atom. The number of aliphatic hydroxyl groups excluding tert-OH is 4. The second-order valence-corrected chi connectivity index (χ2v) is 8.15. The molecule has 0 amide bonds. The number of nitrogens with zero attached hydrogens (tertiary/aromatic N) is 2. The Kier molecular flexibility index (Phi) is 26.3. The molecule has 6 nitrogen and oxygen atoms in total. The molecule has 2 aliphatic heterocycles. The van der Waals surface area contributed by atoms with Crippen molar-refractivity contribution in [2.45, 2.75) is 98.1 Å². The van der Waals surface area contributed by atoms with Crippen molar-refractivity contribution >= 4 is 0 Å². The van der Waals surface area contributed by atoms with Crippen molar-refractivity contribution in [1.82, 2.24) is 0 Å². The summed E-state index contributed by atoms with van der Waals surface area (Å²) in [7, 11) is 0. The SMILES string of the molecule is CC(O)CC(C)O.CC(O)CC(C)O.CC1=CC[N-]CC1.CC1CC[N-]CC1.[Ni+2]. The molecule has 4 atom stereocenters. The molecular formula is C22H46N2NiO4. The summed E-state index contributed by atoms with van der Waals surface area (Å²) in [4.78, 5) is 0. The van der Waals surface area contributed by atoms with Gasteiger partial charge in [-0.3, -0.25) is 0 Å². The molecule has 0 aromatic heterocycles. The van der Waals surface area contributed by atoms with Gasteiger partial charge in [-0.2, -0.15) is 0 Å². The number of rotatable bonds is 4. The Morgan fingerprint density at radius 3 is 1.38 bits per heavy atom. The summed E-state index contributed by atoms with van der Waals surface area (Å²) in [6.45, 7) is 15.3. The summed E-state index contributed by atoms with van der Waals surface area (Å²) in [5.41, 5.74) is 1.50. The predicted octanol–water partition coefficient (Wildman–Crippen LogP) is 3.77.